The molecule has 2 heterocycles. The molecule has 4 rings (SSSR count). The number of nitrogens with two attached hydrogens (primary N) is 1. The van der Waals surface area contributed by atoms with Crippen molar-refractivity contribution in [2.24, 2.45) is 0 Å². The number of aromatic nitrogens is 2. The number of aryl methyl sites for hydroxylation is 2. The first-order valence-electron chi connectivity index (χ1n) is 11.1. The standard InChI is InChI=1S/C25H25N3.C3H7N/c1-3-4-5-18-6-8-19(9-7-18)20-10-12-21(13-11-20)25-24(26)17(2)22-16-27-15-14-23(22)28-25;1-3-4-2/h6-16H,3-5,26H2,1-2H3;3-4H,1H2,2H3. The maximum atomic E-state index is 6.40. The maximum absolute atomic E-state index is 6.40. The third kappa shape index (κ3) is 5.33. The fourth-order valence-electron chi connectivity index (χ4n) is 3.56. The summed E-state index contributed by atoms with van der Waals surface area (Å²) < 4.78 is 0. The van der Waals surface area contributed by atoms with Crippen LogP contribution in [0.1, 0.15) is 30.9 Å². The van der Waals surface area contributed by atoms with Gasteiger partial charge >= 0.3 is 0 Å². The molecule has 0 bridgehead atoms. The van der Waals surface area contributed by atoms with E-state index in [1.165, 1.54) is 29.5 Å². The molecule has 0 fully saturated rings. The van der Waals surface area contributed by atoms with Crippen molar-refractivity contribution >= 4 is 16.6 Å². The molecule has 0 atom stereocenters. The average molecular weight is 425 g/mol. The zero-order valence-corrected chi connectivity index (χ0v) is 19.2. The van der Waals surface area contributed by atoms with Gasteiger partial charge in [-0.05, 0) is 54.3 Å². The third-order valence-electron chi connectivity index (χ3n) is 5.56. The van der Waals surface area contributed by atoms with E-state index in [2.05, 4.69) is 72.3 Å². The number of pyridine rings is 2. The number of nitrogens with one attached hydrogen (secondary N) is 1. The Labute approximate surface area is 191 Å². The van der Waals surface area contributed by atoms with E-state index in [0.29, 0.717) is 5.69 Å². The summed E-state index contributed by atoms with van der Waals surface area (Å²) in [6.45, 7) is 7.62. The van der Waals surface area contributed by atoms with E-state index in [9.17, 15) is 0 Å². The Kier molecular flexibility index (Phi) is 7.98. The van der Waals surface area contributed by atoms with Gasteiger partial charge < -0.3 is 11.1 Å². The molecule has 0 spiro atoms. The minimum atomic E-state index is 0.716. The lowest BCUT2D eigenvalue weighted by Gasteiger charge is -2.12. The van der Waals surface area contributed by atoms with Crippen molar-refractivity contribution in [2.75, 3.05) is 12.8 Å². The number of nitrogens with zero attached hydrogens (tertiary/aromatic N) is 2. The van der Waals surface area contributed by atoms with E-state index in [0.717, 1.165) is 34.1 Å². The zero-order chi connectivity index (χ0) is 22.9. The number of hydrogen-bond acceptors (Lipinski definition) is 4. The lowest BCUT2D eigenvalue weighted by atomic mass is 9.98. The summed E-state index contributed by atoms with van der Waals surface area (Å²) in [7, 11) is 1.81. The van der Waals surface area contributed by atoms with Crippen LogP contribution in [0, 0.1) is 6.92 Å². The highest BCUT2D eigenvalue weighted by atomic mass is 14.8. The lowest BCUT2D eigenvalue weighted by molar-refractivity contribution is 0.795. The van der Waals surface area contributed by atoms with Gasteiger partial charge in [-0.15, -0.1) is 0 Å². The van der Waals surface area contributed by atoms with Gasteiger partial charge in [0.05, 0.1) is 16.9 Å². The van der Waals surface area contributed by atoms with Crippen molar-refractivity contribution < 1.29 is 0 Å². The highest BCUT2D eigenvalue weighted by Gasteiger charge is 2.11. The Morgan fingerprint density at radius 1 is 0.969 bits per heavy atom. The predicted octanol–water partition coefficient (Wildman–Crippen LogP) is 6.55. The van der Waals surface area contributed by atoms with Crippen LogP contribution < -0.4 is 11.1 Å². The topological polar surface area (TPSA) is 63.8 Å². The fourth-order valence-corrected chi connectivity index (χ4v) is 3.56. The molecule has 0 aliphatic heterocycles. The lowest BCUT2D eigenvalue weighted by Crippen LogP contribution is -1.99. The second-order valence-electron chi connectivity index (χ2n) is 7.76. The number of hydrogen-bond donors (Lipinski definition) is 2. The number of fused-ring (bicyclic) bond motifs is 1. The van der Waals surface area contributed by atoms with E-state index in [-0.39, 0.29) is 0 Å². The van der Waals surface area contributed by atoms with Gasteiger partial charge in [0.2, 0.25) is 0 Å². The fraction of sp³-hybridized carbons (Fsp3) is 0.214. The highest BCUT2D eigenvalue weighted by molar-refractivity contribution is 5.91. The van der Waals surface area contributed by atoms with Crippen LogP contribution in [0.4, 0.5) is 5.69 Å². The summed E-state index contributed by atoms with van der Waals surface area (Å²) in [5.74, 6) is 0. The number of nitrogen functional groups attached to an aromatic ring is 1. The maximum Gasteiger partial charge on any atom is 0.0941 e. The van der Waals surface area contributed by atoms with Crippen molar-refractivity contribution in [3.8, 4) is 22.4 Å². The largest absolute Gasteiger partial charge is 0.397 e. The first-order valence-corrected chi connectivity index (χ1v) is 11.1. The minimum Gasteiger partial charge on any atom is -0.397 e. The van der Waals surface area contributed by atoms with Crippen LogP contribution in [-0.2, 0) is 6.42 Å². The number of anilines is 1. The smallest absolute Gasteiger partial charge is 0.0941 e. The molecule has 32 heavy (non-hydrogen) atoms. The van der Waals surface area contributed by atoms with Crippen molar-refractivity contribution in [1.82, 2.24) is 15.3 Å². The summed E-state index contributed by atoms with van der Waals surface area (Å²) in [6.07, 6.45) is 8.83. The molecule has 0 saturated carbocycles. The van der Waals surface area contributed by atoms with Gasteiger partial charge in [-0.1, -0.05) is 68.5 Å². The van der Waals surface area contributed by atoms with Gasteiger partial charge in [-0.3, -0.25) is 4.98 Å². The summed E-state index contributed by atoms with van der Waals surface area (Å²) in [5.41, 5.74) is 14.8. The quantitative estimate of drug-likeness (QED) is 0.368. The van der Waals surface area contributed by atoms with Crippen LogP contribution >= 0.6 is 0 Å². The van der Waals surface area contributed by atoms with E-state index < -0.39 is 0 Å². The van der Waals surface area contributed by atoms with E-state index in [1.807, 2.05) is 26.2 Å². The van der Waals surface area contributed by atoms with Gasteiger partial charge in [0.1, 0.15) is 0 Å². The van der Waals surface area contributed by atoms with Crippen molar-refractivity contribution in [2.45, 2.75) is 33.1 Å². The number of benzene rings is 2. The van der Waals surface area contributed by atoms with Crippen LogP contribution in [0.5, 0.6) is 0 Å². The Hall–Kier alpha value is -3.66. The monoisotopic (exact) mass is 424 g/mol. The number of rotatable bonds is 6. The summed E-state index contributed by atoms with van der Waals surface area (Å²) in [6, 6.07) is 19.3. The molecule has 2 aromatic carbocycles. The van der Waals surface area contributed by atoms with Crippen LogP contribution in [0.2, 0.25) is 0 Å². The summed E-state index contributed by atoms with van der Waals surface area (Å²) in [4.78, 5) is 8.97. The van der Waals surface area contributed by atoms with Crippen molar-refractivity contribution in [3.63, 3.8) is 0 Å². The average Bonchev–Trinajstić information content (AvgIpc) is 2.85. The summed E-state index contributed by atoms with van der Waals surface area (Å²) in [5, 5.41) is 3.70. The third-order valence-corrected chi connectivity index (χ3v) is 5.56. The Morgan fingerprint density at radius 2 is 1.56 bits per heavy atom. The Bertz CT molecular complexity index is 1160. The molecule has 0 saturated heterocycles. The van der Waals surface area contributed by atoms with Gasteiger partial charge in [-0.2, -0.15) is 0 Å². The van der Waals surface area contributed by atoms with Crippen molar-refractivity contribution in [1.29, 1.82) is 0 Å². The second-order valence-corrected chi connectivity index (χ2v) is 7.76. The van der Waals surface area contributed by atoms with Crippen LogP contribution in [-0.4, -0.2) is 17.0 Å². The van der Waals surface area contributed by atoms with E-state index in [1.54, 1.807) is 12.4 Å². The molecular weight excluding hydrogens is 392 g/mol. The highest BCUT2D eigenvalue weighted by Crippen LogP contribution is 2.32. The number of unbranched alkanes of at least 4 members (excludes halogenated alkanes) is 1. The minimum absolute atomic E-state index is 0.716. The van der Waals surface area contributed by atoms with Crippen LogP contribution in [0.25, 0.3) is 33.3 Å². The van der Waals surface area contributed by atoms with Gasteiger partial charge in [0.25, 0.3) is 0 Å². The Balaban J connectivity index is 0.000000668. The second kappa shape index (κ2) is 11.1. The van der Waals surface area contributed by atoms with Crippen LogP contribution in [0.15, 0.2) is 79.8 Å². The molecule has 0 unspecified atom stereocenters. The van der Waals surface area contributed by atoms with Gasteiger partial charge in [-0.25, -0.2) is 4.98 Å². The first-order chi connectivity index (χ1) is 15.6. The molecule has 164 valence electrons. The van der Waals surface area contributed by atoms with Crippen LogP contribution in [0.3, 0.4) is 0 Å². The van der Waals surface area contributed by atoms with E-state index in [4.69, 9.17) is 10.7 Å². The van der Waals surface area contributed by atoms with Gasteiger partial charge in [0, 0.05) is 30.4 Å². The molecule has 3 N–H and O–H groups in total. The molecule has 2 aromatic heterocycles. The molecule has 4 heteroatoms. The molecule has 0 amide bonds. The molecule has 0 radical (unpaired) electrons. The molecule has 0 aliphatic carbocycles. The van der Waals surface area contributed by atoms with Crippen molar-refractivity contribution in [3.05, 3.63) is 90.9 Å². The first kappa shape index (κ1) is 23.0. The Morgan fingerprint density at radius 3 is 2.16 bits per heavy atom. The SMILES string of the molecule is C=CNC.CCCCc1ccc(-c2ccc(-c3nc4ccncc4c(C)c3N)cc2)cc1. The molecule has 4 nitrogen and oxygen atoms in total. The molecule has 0 aliphatic rings. The molecule has 4 aromatic rings. The van der Waals surface area contributed by atoms with E-state index >= 15 is 0 Å². The summed E-state index contributed by atoms with van der Waals surface area (Å²) >= 11 is 0. The van der Waals surface area contributed by atoms with Gasteiger partial charge in [0.15, 0.2) is 0 Å². The molecular formula is C28H32N4. The zero-order valence-electron chi connectivity index (χ0n) is 19.2. The predicted molar refractivity (Wildman–Crippen MR) is 137 cm³/mol. The normalized spacial score (nSPS) is 10.3.